The first-order valence-electron chi connectivity index (χ1n) is 8.23. The lowest BCUT2D eigenvalue weighted by Crippen LogP contribution is -2.44. The van der Waals surface area contributed by atoms with Crippen LogP contribution in [0.2, 0.25) is 0 Å². The number of thiocarbonyl (C=S) groups is 1. The second-order valence-corrected chi connectivity index (χ2v) is 6.08. The lowest BCUT2D eigenvalue weighted by atomic mass is 10.0. The molecule has 2 aromatic rings. The number of aliphatic hydroxyl groups is 1. The van der Waals surface area contributed by atoms with Gasteiger partial charge in [0.15, 0.2) is 5.11 Å². The molecule has 28 heavy (non-hydrogen) atoms. The summed E-state index contributed by atoms with van der Waals surface area (Å²) in [6.45, 7) is 0.890. The minimum Gasteiger partial charge on any atom is -0.394 e. The fourth-order valence-corrected chi connectivity index (χ4v) is 2.50. The minimum atomic E-state index is -0.828. The van der Waals surface area contributed by atoms with E-state index in [2.05, 4.69) is 21.2 Å². The molecule has 0 saturated heterocycles. The number of para-hydroxylation sites is 1. The molecule has 1 unspecified atom stereocenters. The minimum absolute atomic E-state index is 0.0857. The maximum absolute atomic E-state index is 11.4. The summed E-state index contributed by atoms with van der Waals surface area (Å²) in [5.41, 5.74) is 4.09. The molecule has 0 aromatic heterocycles. The van der Waals surface area contributed by atoms with Crippen LogP contribution in [-0.4, -0.2) is 39.4 Å². The molecule has 1 amide bonds. The van der Waals surface area contributed by atoms with E-state index in [1.165, 1.54) is 31.2 Å². The zero-order valence-corrected chi connectivity index (χ0v) is 15.8. The Kier molecular flexibility index (Phi) is 7.55. The highest BCUT2D eigenvalue weighted by atomic mass is 32.1. The molecule has 0 aliphatic rings. The number of benzene rings is 2. The van der Waals surface area contributed by atoms with E-state index >= 15 is 0 Å². The number of carbonyl (C=O) groups excluding carboxylic acids is 1. The van der Waals surface area contributed by atoms with E-state index in [0.717, 1.165) is 5.69 Å². The van der Waals surface area contributed by atoms with Gasteiger partial charge in [0.2, 0.25) is 5.91 Å². The number of aliphatic hydroxyl groups excluding tert-OH is 1. The van der Waals surface area contributed by atoms with Crippen molar-refractivity contribution >= 4 is 40.3 Å². The molecule has 0 fully saturated rings. The van der Waals surface area contributed by atoms with Gasteiger partial charge in [-0.1, -0.05) is 18.2 Å². The summed E-state index contributed by atoms with van der Waals surface area (Å²) in [7, 11) is 0. The first-order valence-corrected chi connectivity index (χ1v) is 8.64. The summed E-state index contributed by atoms with van der Waals surface area (Å²) in [5, 5.41) is 30.4. The van der Waals surface area contributed by atoms with Crippen molar-refractivity contribution in [3.8, 4) is 0 Å². The van der Waals surface area contributed by atoms with Crippen LogP contribution in [0.15, 0.2) is 59.7 Å². The second-order valence-electron chi connectivity index (χ2n) is 5.67. The number of nitro groups is 1. The number of carbonyl (C=O) groups is 1. The van der Waals surface area contributed by atoms with Gasteiger partial charge in [0, 0.05) is 30.3 Å². The zero-order valence-electron chi connectivity index (χ0n) is 15.0. The van der Waals surface area contributed by atoms with Crippen molar-refractivity contribution in [1.82, 2.24) is 10.7 Å². The van der Waals surface area contributed by atoms with E-state index < -0.39 is 17.6 Å². The summed E-state index contributed by atoms with van der Waals surface area (Å²) in [5.74, 6) is -0.362. The Morgan fingerprint density at radius 2 is 1.86 bits per heavy atom. The average molecular weight is 401 g/mol. The summed E-state index contributed by atoms with van der Waals surface area (Å²) in [4.78, 5) is 21.8. The van der Waals surface area contributed by atoms with Crippen LogP contribution >= 0.6 is 12.2 Å². The highest BCUT2D eigenvalue weighted by Crippen LogP contribution is 2.14. The first kappa shape index (κ1) is 20.9. The number of nitrogens with zero attached hydrogens (tertiary/aromatic N) is 2. The normalized spacial score (nSPS) is 12.0. The van der Waals surface area contributed by atoms with Crippen LogP contribution in [0.4, 0.5) is 11.4 Å². The number of hydrazone groups is 1. The van der Waals surface area contributed by atoms with Crippen LogP contribution in [0.3, 0.4) is 0 Å². The first-order chi connectivity index (χ1) is 13.4. The van der Waals surface area contributed by atoms with Crippen LogP contribution in [-0.2, 0) is 4.79 Å². The summed E-state index contributed by atoms with van der Waals surface area (Å²) < 4.78 is 0. The van der Waals surface area contributed by atoms with Crippen molar-refractivity contribution in [3.05, 3.63) is 70.3 Å². The SMILES string of the molecule is CC(=O)NC(CO)/C(=N\NC(=S)Nc1ccccc1)c1ccc([N+](=O)[O-])cc1. The van der Waals surface area contributed by atoms with Crippen molar-refractivity contribution in [2.45, 2.75) is 13.0 Å². The Morgan fingerprint density at radius 3 is 2.39 bits per heavy atom. The molecule has 2 rings (SSSR count). The van der Waals surface area contributed by atoms with Gasteiger partial charge in [-0.3, -0.25) is 20.3 Å². The highest BCUT2D eigenvalue weighted by molar-refractivity contribution is 7.80. The molecule has 2 aromatic carbocycles. The van der Waals surface area contributed by atoms with Gasteiger partial charge in [-0.05, 0) is 36.5 Å². The van der Waals surface area contributed by atoms with Crippen LogP contribution in [0.25, 0.3) is 0 Å². The predicted molar refractivity (Wildman–Crippen MR) is 110 cm³/mol. The average Bonchev–Trinajstić information content (AvgIpc) is 2.68. The number of hydrogen-bond donors (Lipinski definition) is 4. The molecule has 0 aliphatic carbocycles. The Bertz CT molecular complexity index is 871. The van der Waals surface area contributed by atoms with E-state index in [9.17, 15) is 20.0 Å². The zero-order chi connectivity index (χ0) is 20.5. The van der Waals surface area contributed by atoms with Gasteiger partial charge in [0.1, 0.15) is 0 Å². The van der Waals surface area contributed by atoms with Gasteiger partial charge in [-0.25, -0.2) is 0 Å². The van der Waals surface area contributed by atoms with Crippen molar-refractivity contribution < 1.29 is 14.8 Å². The van der Waals surface area contributed by atoms with Crippen molar-refractivity contribution in [1.29, 1.82) is 0 Å². The number of amides is 1. The maximum Gasteiger partial charge on any atom is 0.269 e. The Balaban J connectivity index is 2.25. The van der Waals surface area contributed by atoms with Crippen LogP contribution in [0.1, 0.15) is 12.5 Å². The smallest absolute Gasteiger partial charge is 0.269 e. The van der Waals surface area contributed by atoms with E-state index in [1.54, 1.807) is 0 Å². The topological polar surface area (TPSA) is 129 Å². The van der Waals surface area contributed by atoms with Gasteiger partial charge in [0.25, 0.3) is 5.69 Å². The Labute approximate surface area is 166 Å². The van der Waals surface area contributed by atoms with Crippen molar-refractivity contribution in [2.75, 3.05) is 11.9 Å². The molecule has 0 spiro atoms. The fraction of sp³-hybridized carbons (Fsp3) is 0.167. The molecular formula is C18H19N5O4S. The lowest BCUT2D eigenvalue weighted by molar-refractivity contribution is -0.384. The second kappa shape index (κ2) is 10.1. The summed E-state index contributed by atoms with van der Waals surface area (Å²) >= 11 is 5.20. The van der Waals surface area contributed by atoms with Gasteiger partial charge < -0.3 is 15.7 Å². The van der Waals surface area contributed by atoms with Crippen molar-refractivity contribution in [2.24, 2.45) is 5.10 Å². The van der Waals surface area contributed by atoms with Crippen LogP contribution < -0.4 is 16.1 Å². The number of hydrogen-bond acceptors (Lipinski definition) is 6. The largest absolute Gasteiger partial charge is 0.394 e. The van der Waals surface area contributed by atoms with E-state index in [0.29, 0.717) is 5.56 Å². The molecule has 0 bridgehead atoms. The molecule has 0 aliphatic heterocycles. The third kappa shape index (κ3) is 6.11. The molecule has 146 valence electrons. The monoisotopic (exact) mass is 401 g/mol. The molecule has 0 saturated carbocycles. The van der Waals surface area contributed by atoms with Gasteiger partial charge in [-0.2, -0.15) is 5.10 Å². The number of anilines is 1. The summed E-state index contributed by atoms with van der Waals surface area (Å²) in [6, 6.07) is 14.0. The molecule has 1 atom stereocenters. The third-order valence-electron chi connectivity index (χ3n) is 3.57. The Morgan fingerprint density at radius 1 is 1.21 bits per heavy atom. The van der Waals surface area contributed by atoms with Gasteiger partial charge in [-0.15, -0.1) is 0 Å². The number of non-ortho nitro benzene ring substituents is 1. The van der Waals surface area contributed by atoms with Gasteiger partial charge in [0.05, 0.1) is 23.3 Å². The number of nitro benzene ring substituents is 1. The van der Waals surface area contributed by atoms with Crippen molar-refractivity contribution in [3.63, 3.8) is 0 Å². The quantitative estimate of drug-likeness (QED) is 0.241. The number of nitrogens with one attached hydrogen (secondary N) is 3. The molecule has 0 radical (unpaired) electrons. The molecule has 0 heterocycles. The summed E-state index contributed by atoms with van der Waals surface area (Å²) in [6.07, 6.45) is 0. The van der Waals surface area contributed by atoms with E-state index in [4.69, 9.17) is 12.2 Å². The van der Waals surface area contributed by atoms with E-state index in [1.807, 2.05) is 30.3 Å². The molecule has 4 N–H and O–H groups in total. The molecule has 9 nitrogen and oxygen atoms in total. The Hall–Kier alpha value is -3.37. The molecule has 10 heteroatoms. The number of rotatable bonds is 7. The lowest BCUT2D eigenvalue weighted by Gasteiger charge is -2.18. The predicted octanol–water partition coefficient (Wildman–Crippen LogP) is 1.78. The van der Waals surface area contributed by atoms with Crippen LogP contribution in [0.5, 0.6) is 0 Å². The van der Waals surface area contributed by atoms with E-state index in [-0.39, 0.29) is 22.4 Å². The fourth-order valence-electron chi connectivity index (χ4n) is 2.33. The maximum atomic E-state index is 11.4. The highest BCUT2D eigenvalue weighted by Gasteiger charge is 2.19. The molecular weight excluding hydrogens is 382 g/mol. The van der Waals surface area contributed by atoms with Crippen LogP contribution in [0, 0.1) is 10.1 Å². The third-order valence-corrected chi connectivity index (χ3v) is 3.77. The standard InChI is InChI=1S/C18H19N5O4S/c1-12(25)19-16(11-24)17(13-7-9-15(10-8-13)23(26)27)21-22-18(28)20-14-5-3-2-4-6-14/h2-10,16,24H,11H2,1H3,(H,19,25)(H2,20,22,28)/b21-17-. The van der Waals surface area contributed by atoms with Gasteiger partial charge >= 0.3 is 0 Å².